The summed E-state index contributed by atoms with van der Waals surface area (Å²) in [7, 11) is 0. The molecule has 0 amide bonds. The molecule has 2 nitrogen and oxygen atoms in total. The molecular weight excluding hydrogens is 235 g/mol. The molecule has 0 saturated carbocycles. The Hall–Kier alpha value is -0.506. The van der Waals surface area contributed by atoms with E-state index in [-0.39, 0.29) is 18.6 Å². The average Bonchev–Trinajstić information content (AvgIpc) is 2.15. The Kier molecular flexibility index (Phi) is 6.63. The maximum Gasteiger partial charge on any atom is 0.164 e. The summed E-state index contributed by atoms with van der Waals surface area (Å²) in [4.78, 5) is 11.6. The van der Waals surface area contributed by atoms with Crippen LogP contribution in [0, 0.1) is 6.92 Å². The molecule has 0 spiro atoms. The number of hydrogen-bond donors (Lipinski definition) is 0. The van der Waals surface area contributed by atoms with Crippen LogP contribution in [-0.4, -0.2) is 12.2 Å². The van der Waals surface area contributed by atoms with Gasteiger partial charge in [-0.1, -0.05) is 18.2 Å². The Morgan fingerprint density at radius 1 is 1.50 bits per heavy atom. The van der Waals surface area contributed by atoms with Gasteiger partial charge in [-0.2, -0.15) is 0 Å². The molecule has 0 fully saturated rings. The molecule has 0 bridgehead atoms. The summed E-state index contributed by atoms with van der Waals surface area (Å²) in [5.41, 5.74) is 1.02. The van der Waals surface area contributed by atoms with E-state index < -0.39 is 5.97 Å². The minimum atomic E-state index is -0.490. The van der Waals surface area contributed by atoms with Crippen molar-refractivity contribution in [1.29, 1.82) is 0 Å². The van der Waals surface area contributed by atoms with Crippen molar-refractivity contribution in [1.82, 2.24) is 0 Å². The molecule has 0 N–H and O–H groups in total. The van der Waals surface area contributed by atoms with Gasteiger partial charge >= 0.3 is 0 Å². The van der Waals surface area contributed by atoms with Gasteiger partial charge in [0, 0.05) is 29.0 Å². The van der Waals surface area contributed by atoms with Gasteiger partial charge in [-0.3, -0.25) is 11.7 Å². The zero-order valence-corrected chi connectivity index (χ0v) is 10.1. The van der Waals surface area contributed by atoms with E-state index in [9.17, 15) is 4.79 Å². The van der Waals surface area contributed by atoms with Crippen LogP contribution >= 0.6 is 11.8 Å². The number of hydrogen-bond acceptors (Lipinski definition) is 3. The van der Waals surface area contributed by atoms with Gasteiger partial charge in [0.1, 0.15) is 6.61 Å². The summed E-state index contributed by atoms with van der Waals surface area (Å²) < 4.78 is 4.81. The van der Waals surface area contributed by atoms with E-state index in [0.717, 1.165) is 10.5 Å². The fourth-order valence-corrected chi connectivity index (χ4v) is 1.58. The third-order valence-corrected chi connectivity index (χ3v) is 2.42. The van der Waals surface area contributed by atoms with Crippen molar-refractivity contribution < 1.29 is 28.1 Å². The third kappa shape index (κ3) is 4.14. The molecule has 0 atom stereocenters. The van der Waals surface area contributed by atoms with Crippen LogP contribution in [0.25, 0.3) is 0 Å². The van der Waals surface area contributed by atoms with Crippen molar-refractivity contribution in [3.63, 3.8) is 0 Å². The van der Waals surface area contributed by atoms with E-state index >= 15 is 0 Å². The Labute approximate surface area is 100 Å². The van der Waals surface area contributed by atoms with Crippen LogP contribution in [0.5, 0.6) is 0 Å². The van der Waals surface area contributed by atoms with E-state index in [2.05, 4.69) is 6.92 Å². The van der Waals surface area contributed by atoms with Crippen LogP contribution < -0.4 is 0 Å². The molecule has 0 saturated heterocycles. The molecule has 1 rings (SSSR count). The van der Waals surface area contributed by atoms with Crippen molar-refractivity contribution in [3.8, 4) is 0 Å². The van der Waals surface area contributed by atoms with Gasteiger partial charge in [-0.25, -0.2) is 0 Å². The zero-order chi connectivity index (χ0) is 9.68. The molecular formula is C10H11O2SV-. The van der Waals surface area contributed by atoms with Crippen LogP contribution in [0.15, 0.2) is 29.2 Å². The summed E-state index contributed by atoms with van der Waals surface area (Å²) in [6.07, 6.45) is 1.99. The number of esters is 1. The second-order valence-electron chi connectivity index (χ2n) is 2.47. The second kappa shape index (κ2) is 6.88. The summed E-state index contributed by atoms with van der Waals surface area (Å²) in [5.74, 6) is -0.490. The molecule has 0 unspecified atom stereocenters. The molecule has 0 aromatic heterocycles. The van der Waals surface area contributed by atoms with Gasteiger partial charge in [0.05, 0.1) is 0 Å². The summed E-state index contributed by atoms with van der Waals surface area (Å²) in [6.45, 7) is 3.45. The minimum Gasteiger partial charge on any atom is -0.484 e. The molecule has 75 valence electrons. The quantitative estimate of drug-likeness (QED) is 0.465. The number of ether oxygens (including phenoxy) is 1. The van der Waals surface area contributed by atoms with E-state index in [1.165, 1.54) is 0 Å². The van der Waals surface area contributed by atoms with Crippen molar-refractivity contribution in [2.75, 3.05) is 6.26 Å². The van der Waals surface area contributed by atoms with Crippen LogP contribution in [0.4, 0.5) is 0 Å². The van der Waals surface area contributed by atoms with Gasteiger partial charge < -0.3 is 4.74 Å². The first-order chi connectivity index (χ1) is 6.24. The average molecular weight is 246 g/mol. The molecule has 14 heavy (non-hydrogen) atoms. The summed E-state index contributed by atoms with van der Waals surface area (Å²) >= 11 is 1.64. The standard InChI is InChI=1S/C10H11O2S.V/c1-8(11)12-7-9-5-3-4-6-10(9)13-2;/h3-6H,1,7H2,2H3;/q-1;. The Bertz CT molecular complexity index is 302. The zero-order valence-electron chi connectivity index (χ0n) is 7.90. The fourth-order valence-electron chi connectivity index (χ4n) is 0.980. The maximum atomic E-state index is 10.5. The van der Waals surface area contributed by atoms with Gasteiger partial charge in [0.2, 0.25) is 0 Å². The van der Waals surface area contributed by atoms with Crippen LogP contribution in [-0.2, 0) is 34.7 Å². The summed E-state index contributed by atoms with van der Waals surface area (Å²) in [5, 5.41) is 0. The van der Waals surface area contributed by atoms with Crippen molar-refractivity contribution >= 4 is 17.7 Å². The number of rotatable bonds is 3. The molecule has 0 aliphatic heterocycles. The van der Waals surface area contributed by atoms with Gasteiger partial charge in [-0.05, 0) is 12.3 Å². The first-order valence-electron chi connectivity index (χ1n) is 3.84. The Morgan fingerprint density at radius 2 is 2.14 bits per heavy atom. The Morgan fingerprint density at radius 3 is 2.71 bits per heavy atom. The fraction of sp³-hybridized carbons (Fsp3) is 0.200. The molecule has 0 aliphatic rings. The largest absolute Gasteiger partial charge is 0.484 e. The molecule has 0 heterocycles. The maximum absolute atomic E-state index is 10.5. The van der Waals surface area contributed by atoms with E-state index in [1.807, 2.05) is 30.5 Å². The van der Waals surface area contributed by atoms with E-state index in [0.29, 0.717) is 6.61 Å². The SMILES string of the molecule is [CH2-]C(=O)OCc1ccccc1SC.[V]. The summed E-state index contributed by atoms with van der Waals surface area (Å²) in [6, 6.07) is 7.82. The van der Waals surface area contributed by atoms with Crippen molar-refractivity contribution in [2.45, 2.75) is 11.5 Å². The first kappa shape index (κ1) is 13.5. The molecule has 1 aromatic rings. The first-order valence-corrected chi connectivity index (χ1v) is 5.07. The number of thioether (sulfide) groups is 1. The molecule has 1 radical (unpaired) electrons. The van der Waals surface area contributed by atoms with Crippen molar-refractivity contribution in [2.24, 2.45) is 0 Å². The number of carbonyl (C=O) groups is 1. The predicted octanol–water partition coefficient (Wildman–Crippen LogP) is 2.28. The third-order valence-electron chi connectivity index (χ3n) is 1.58. The molecule has 1 aromatic carbocycles. The smallest absolute Gasteiger partial charge is 0.164 e. The topological polar surface area (TPSA) is 26.3 Å². The number of benzene rings is 1. The van der Waals surface area contributed by atoms with Gasteiger partial charge in [0.15, 0.2) is 5.97 Å². The number of carbonyl (C=O) groups excluding carboxylic acids is 1. The van der Waals surface area contributed by atoms with Crippen LogP contribution in [0.1, 0.15) is 5.56 Å². The van der Waals surface area contributed by atoms with Crippen LogP contribution in [0.2, 0.25) is 0 Å². The van der Waals surface area contributed by atoms with E-state index in [4.69, 9.17) is 4.74 Å². The second-order valence-corrected chi connectivity index (χ2v) is 3.32. The van der Waals surface area contributed by atoms with Crippen LogP contribution in [0.3, 0.4) is 0 Å². The molecule has 4 heteroatoms. The minimum absolute atomic E-state index is 0. The predicted molar refractivity (Wildman–Crippen MR) is 53.4 cm³/mol. The van der Waals surface area contributed by atoms with Crippen molar-refractivity contribution in [3.05, 3.63) is 36.8 Å². The normalized spacial score (nSPS) is 8.93. The molecule has 0 aliphatic carbocycles. The monoisotopic (exact) mass is 246 g/mol. The van der Waals surface area contributed by atoms with Gasteiger partial charge in [-0.15, -0.1) is 11.8 Å². The van der Waals surface area contributed by atoms with E-state index in [1.54, 1.807) is 11.8 Å². The van der Waals surface area contributed by atoms with Gasteiger partial charge in [0.25, 0.3) is 0 Å². The Balaban J connectivity index is 0.00000169.